The van der Waals surface area contributed by atoms with Gasteiger partial charge in [-0.15, -0.1) is 0 Å². The molecule has 1 fully saturated rings. The predicted molar refractivity (Wildman–Crippen MR) is 107 cm³/mol. The number of carbonyl (C=O) groups excluding carboxylic acids is 2. The van der Waals surface area contributed by atoms with Crippen molar-refractivity contribution in [1.82, 2.24) is 15.5 Å². The molecule has 0 unspecified atom stereocenters. The van der Waals surface area contributed by atoms with Crippen LogP contribution in [-0.2, 0) is 4.74 Å². The van der Waals surface area contributed by atoms with Gasteiger partial charge in [0.25, 0.3) is 5.91 Å². The number of ether oxygens (including phenoxy) is 1. The molecule has 0 aromatic heterocycles. The maximum Gasteiger partial charge on any atom is 0.407 e. The maximum atomic E-state index is 12.2. The molecule has 1 aliphatic heterocycles. The molecule has 1 aromatic carbocycles. The minimum absolute atomic E-state index is 0.0820. The van der Waals surface area contributed by atoms with Crippen molar-refractivity contribution in [3.8, 4) is 0 Å². The minimum Gasteiger partial charge on any atom is -0.444 e. The van der Waals surface area contributed by atoms with Crippen LogP contribution in [0.2, 0.25) is 5.02 Å². The number of nitrogens with zero attached hydrogens (tertiary/aromatic N) is 1. The number of benzene rings is 1. The van der Waals surface area contributed by atoms with Crippen LogP contribution in [0.3, 0.4) is 0 Å². The molecule has 27 heavy (non-hydrogen) atoms. The third-order valence-corrected chi connectivity index (χ3v) is 4.68. The van der Waals surface area contributed by atoms with E-state index in [0.29, 0.717) is 29.6 Å². The van der Waals surface area contributed by atoms with Crippen molar-refractivity contribution in [2.24, 2.45) is 5.92 Å². The fourth-order valence-electron chi connectivity index (χ4n) is 3.01. The van der Waals surface area contributed by atoms with Crippen molar-refractivity contribution in [2.75, 3.05) is 32.7 Å². The monoisotopic (exact) mass is 395 g/mol. The average molecular weight is 396 g/mol. The average Bonchev–Trinajstić information content (AvgIpc) is 2.59. The normalized spacial score (nSPS) is 16.0. The largest absolute Gasteiger partial charge is 0.444 e. The Labute approximate surface area is 166 Å². The third-order valence-electron chi connectivity index (χ3n) is 4.44. The molecular formula is C20H30ClN3O3. The van der Waals surface area contributed by atoms with Crippen LogP contribution in [0.5, 0.6) is 0 Å². The Balaban J connectivity index is 1.61. The lowest BCUT2D eigenvalue weighted by Gasteiger charge is -2.32. The highest BCUT2D eigenvalue weighted by Crippen LogP contribution is 2.16. The van der Waals surface area contributed by atoms with Crippen molar-refractivity contribution in [1.29, 1.82) is 0 Å². The number of alkyl carbamates (subject to hydrolysis) is 1. The summed E-state index contributed by atoms with van der Waals surface area (Å²) in [5.41, 5.74) is 0.117. The highest BCUT2D eigenvalue weighted by Gasteiger charge is 2.20. The number of nitrogens with one attached hydrogen (secondary N) is 2. The Morgan fingerprint density at radius 1 is 1.22 bits per heavy atom. The van der Waals surface area contributed by atoms with Crippen molar-refractivity contribution < 1.29 is 14.3 Å². The fraction of sp³-hybridized carbons (Fsp3) is 0.600. The molecule has 7 heteroatoms. The van der Waals surface area contributed by atoms with Crippen LogP contribution in [0.4, 0.5) is 4.79 Å². The van der Waals surface area contributed by atoms with E-state index in [0.717, 1.165) is 32.5 Å². The molecular weight excluding hydrogens is 366 g/mol. The van der Waals surface area contributed by atoms with Gasteiger partial charge >= 0.3 is 6.09 Å². The topological polar surface area (TPSA) is 70.7 Å². The number of hydrogen-bond acceptors (Lipinski definition) is 4. The van der Waals surface area contributed by atoms with E-state index in [1.165, 1.54) is 0 Å². The number of rotatable bonds is 6. The van der Waals surface area contributed by atoms with E-state index in [1.807, 2.05) is 20.8 Å². The van der Waals surface area contributed by atoms with E-state index in [9.17, 15) is 9.59 Å². The van der Waals surface area contributed by atoms with Crippen LogP contribution >= 0.6 is 11.6 Å². The third kappa shape index (κ3) is 8.18. The van der Waals surface area contributed by atoms with Gasteiger partial charge in [0.05, 0.1) is 0 Å². The van der Waals surface area contributed by atoms with E-state index in [2.05, 4.69) is 15.5 Å². The van der Waals surface area contributed by atoms with Crippen molar-refractivity contribution in [3.05, 3.63) is 34.9 Å². The Kier molecular flexibility index (Phi) is 7.92. The first-order valence-corrected chi connectivity index (χ1v) is 9.84. The van der Waals surface area contributed by atoms with Gasteiger partial charge in [0, 0.05) is 30.2 Å². The summed E-state index contributed by atoms with van der Waals surface area (Å²) < 4.78 is 5.23. The lowest BCUT2D eigenvalue weighted by atomic mass is 9.96. The van der Waals surface area contributed by atoms with Crippen molar-refractivity contribution in [2.45, 2.75) is 39.2 Å². The van der Waals surface area contributed by atoms with Crippen molar-refractivity contribution in [3.63, 3.8) is 0 Å². The van der Waals surface area contributed by atoms with E-state index >= 15 is 0 Å². The summed E-state index contributed by atoms with van der Waals surface area (Å²) in [5, 5.41) is 6.36. The molecule has 2 N–H and O–H groups in total. The zero-order valence-electron chi connectivity index (χ0n) is 16.4. The molecule has 1 aromatic rings. The van der Waals surface area contributed by atoms with Crippen LogP contribution in [0, 0.1) is 5.92 Å². The van der Waals surface area contributed by atoms with Gasteiger partial charge < -0.3 is 20.3 Å². The number of halogens is 1. The number of piperidine rings is 1. The SMILES string of the molecule is CC(C)(C)OC(=O)NCCN1CCC(CNC(=O)c2cccc(Cl)c2)CC1. The number of carbonyl (C=O) groups is 2. The van der Waals surface area contributed by atoms with Gasteiger partial charge in [-0.3, -0.25) is 4.79 Å². The molecule has 1 saturated heterocycles. The molecule has 1 aliphatic rings. The minimum atomic E-state index is -0.474. The van der Waals surface area contributed by atoms with E-state index in [-0.39, 0.29) is 12.0 Å². The lowest BCUT2D eigenvalue weighted by molar-refractivity contribution is 0.0519. The highest BCUT2D eigenvalue weighted by atomic mass is 35.5. The second kappa shape index (κ2) is 9.95. The first-order valence-electron chi connectivity index (χ1n) is 9.46. The van der Waals surface area contributed by atoms with Gasteiger partial charge in [0.1, 0.15) is 5.60 Å². The number of likely N-dealkylation sites (tertiary alicyclic amines) is 1. The Hall–Kier alpha value is -1.79. The zero-order valence-corrected chi connectivity index (χ0v) is 17.1. The van der Waals surface area contributed by atoms with Gasteiger partial charge in [0.2, 0.25) is 0 Å². The van der Waals surface area contributed by atoms with Crippen LogP contribution < -0.4 is 10.6 Å². The van der Waals surface area contributed by atoms with Crippen molar-refractivity contribution >= 4 is 23.6 Å². The van der Waals surface area contributed by atoms with Gasteiger partial charge in [-0.05, 0) is 70.8 Å². The Morgan fingerprint density at radius 3 is 2.56 bits per heavy atom. The molecule has 0 saturated carbocycles. The standard InChI is InChI=1S/C20H30ClN3O3/c1-20(2,3)27-19(26)22-9-12-24-10-7-15(8-11-24)14-23-18(25)16-5-4-6-17(21)13-16/h4-6,13,15H,7-12,14H2,1-3H3,(H,22,26)(H,23,25). The predicted octanol–water partition coefficient (Wildman–Crippen LogP) is 3.31. The summed E-state index contributed by atoms with van der Waals surface area (Å²) in [6, 6.07) is 6.98. The second-order valence-corrected chi connectivity index (χ2v) is 8.37. The lowest BCUT2D eigenvalue weighted by Crippen LogP contribution is -2.42. The van der Waals surface area contributed by atoms with Gasteiger partial charge in [-0.1, -0.05) is 17.7 Å². The van der Waals surface area contributed by atoms with E-state index in [4.69, 9.17) is 16.3 Å². The van der Waals surface area contributed by atoms with Gasteiger partial charge in [-0.2, -0.15) is 0 Å². The number of amides is 2. The van der Waals surface area contributed by atoms with Crippen LogP contribution in [-0.4, -0.2) is 55.2 Å². The molecule has 0 aliphatic carbocycles. The Bertz CT molecular complexity index is 638. The summed E-state index contributed by atoms with van der Waals surface area (Å²) in [4.78, 5) is 26.1. The van der Waals surface area contributed by atoms with E-state index in [1.54, 1.807) is 24.3 Å². The van der Waals surface area contributed by atoms with Gasteiger partial charge in [-0.25, -0.2) is 4.79 Å². The second-order valence-electron chi connectivity index (χ2n) is 7.93. The summed E-state index contributed by atoms with van der Waals surface area (Å²) in [7, 11) is 0. The molecule has 0 spiro atoms. The molecule has 150 valence electrons. The summed E-state index contributed by atoms with van der Waals surface area (Å²) in [5.74, 6) is 0.393. The smallest absolute Gasteiger partial charge is 0.407 e. The molecule has 6 nitrogen and oxygen atoms in total. The quantitative estimate of drug-likeness (QED) is 0.775. The fourth-order valence-corrected chi connectivity index (χ4v) is 3.20. The van der Waals surface area contributed by atoms with Crippen LogP contribution in [0.25, 0.3) is 0 Å². The summed E-state index contributed by atoms with van der Waals surface area (Å²) >= 11 is 5.93. The first kappa shape index (κ1) is 21.5. The van der Waals surface area contributed by atoms with Crippen LogP contribution in [0.1, 0.15) is 44.0 Å². The molecule has 1 heterocycles. The molecule has 2 amide bonds. The van der Waals surface area contributed by atoms with Gasteiger partial charge in [0.15, 0.2) is 0 Å². The molecule has 0 atom stereocenters. The zero-order chi connectivity index (χ0) is 19.9. The highest BCUT2D eigenvalue weighted by molar-refractivity contribution is 6.30. The van der Waals surface area contributed by atoms with Crippen LogP contribution in [0.15, 0.2) is 24.3 Å². The number of hydrogen-bond donors (Lipinski definition) is 2. The maximum absolute atomic E-state index is 12.2. The van der Waals surface area contributed by atoms with E-state index < -0.39 is 5.60 Å². The molecule has 0 bridgehead atoms. The molecule has 2 rings (SSSR count). The Morgan fingerprint density at radius 2 is 1.93 bits per heavy atom. The first-order chi connectivity index (χ1) is 12.7. The summed E-state index contributed by atoms with van der Waals surface area (Å²) in [6.45, 7) is 9.54. The molecule has 0 radical (unpaired) electrons. The summed E-state index contributed by atoms with van der Waals surface area (Å²) in [6.07, 6.45) is 1.69.